The fourth-order valence-electron chi connectivity index (χ4n) is 12.9. The van der Waals surface area contributed by atoms with Gasteiger partial charge in [-0.15, -0.1) is 0 Å². The quantitative estimate of drug-likeness (QED) is 0.0282. The number of hydrogen-bond donors (Lipinski definition) is 2. The molecule has 5 aliphatic rings. The average Bonchev–Trinajstić information content (AvgIpc) is 1.53. The van der Waals surface area contributed by atoms with Gasteiger partial charge in [0.25, 0.3) is 17.0 Å². The molecule has 0 spiro atoms. The summed E-state index contributed by atoms with van der Waals surface area (Å²) in [6.07, 6.45) is -1.36. The summed E-state index contributed by atoms with van der Waals surface area (Å²) in [5, 5.41) is 15.6. The molecule has 2 atom stereocenters. The average molecular weight is 1380 g/mol. The lowest BCUT2D eigenvalue weighted by Gasteiger charge is -2.35. The second-order valence-electron chi connectivity index (χ2n) is 26.6. The van der Waals surface area contributed by atoms with E-state index in [0.717, 1.165) is 65.8 Å². The number of esters is 2. The lowest BCUT2D eigenvalue weighted by Crippen LogP contribution is -2.47. The molecular formula is C72H81N7O17S2. The molecule has 3 aromatic carbocycles. The second kappa shape index (κ2) is 28.6. The van der Waals surface area contributed by atoms with E-state index in [2.05, 4.69) is 22.2 Å². The lowest BCUT2D eigenvalue weighted by atomic mass is 9.85. The van der Waals surface area contributed by atoms with Crippen LogP contribution in [0.3, 0.4) is 0 Å². The van der Waals surface area contributed by atoms with Gasteiger partial charge in [-0.1, -0.05) is 61.4 Å². The van der Waals surface area contributed by atoms with Crippen LogP contribution >= 0.6 is 21.6 Å². The fraction of sp³-hybridized carbons (Fsp3) is 0.444. The number of aromatic nitrogens is 4. The molecule has 0 unspecified atom stereocenters. The van der Waals surface area contributed by atoms with Crippen molar-refractivity contribution in [3.63, 3.8) is 0 Å². The standard InChI is InChI=1S/C45H53N5O10S2.C27H28N2O7/c1-7-31-32-23-30(58-43(55)59-44(3,4)5)13-14-36(32)47-38-33(31)26-50-37(38)24-35-34(40(50)52)27-57-41(53)45(35,8-2)60-42(54)56-20-22-62-61-21-15-46-39(51)29-11-9-28(10-12-29)25-49-18-16-48(6)17-19-49;1-6-15-16-10-14(35-25(32)36-26(3,4)5)8-9-20(16)28-22-17(15)12-29-21(22)11-19-18(23(29)30)13-34-24(31)27(19,33)7-2/h9-14,23-24H,7-8,15-22,25-27H2,1-6H3,(H,46,51);8-11,33H,6-7,12-13H2,1-5H3/t45-;27-/m00/s1. The monoisotopic (exact) mass is 1380 g/mol. The Balaban J connectivity index is 0.000000228. The number of benzene rings is 3. The molecule has 518 valence electrons. The third-order valence-corrected chi connectivity index (χ3v) is 20.2. The summed E-state index contributed by atoms with van der Waals surface area (Å²) in [7, 11) is 5.14. The predicted octanol–water partition coefficient (Wildman–Crippen LogP) is 10.6. The number of hydrogen-bond acceptors (Lipinski definition) is 23. The first kappa shape index (κ1) is 70.5. The second-order valence-corrected chi connectivity index (χ2v) is 29.3. The summed E-state index contributed by atoms with van der Waals surface area (Å²) in [5.41, 5.74) is 4.10. The number of aryl methyl sites for hydroxylation is 2. The normalized spacial score (nSPS) is 17.8. The molecule has 24 nitrogen and oxygen atoms in total. The third-order valence-electron chi connectivity index (χ3n) is 17.8. The third kappa shape index (κ3) is 14.5. The maximum absolute atomic E-state index is 14.1. The van der Waals surface area contributed by atoms with Crippen LogP contribution in [0.25, 0.3) is 44.6 Å². The molecule has 7 aromatic rings. The molecule has 1 fully saturated rings. The Morgan fingerprint density at radius 2 is 1.13 bits per heavy atom. The van der Waals surface area contributed by atoms with Gasteiger partial charge >= 0.3 is 30.4 Å². The van der Waals surface area contributed by atoms with E-state index in [1.54, 1.807) is 113 Å². The number of ether oxygens (including phenoxy) is 8. The highest BCUT2D eigenvalue weighted by Crippen LogP contribution is 2.44. The van der Waals surface area contributed by atoms with Gasteiger partial charge in [0.05, 0.1) is 58.0 Å². The van der Waals surface area contributed by atoms with Crippen molar-refractivity contribution in [2.24, 2.45) is 0 Å². The number of piperazine rings is 1. The van der Waals surface area contributed by atoms with E-state index in [4.69, 9.17) is 47.9 Å². The number of carbonyl (C=O) groups is 6. The molecule has 0 radical (unpaired) electrons. The summed E-state index contributed by atoms with van der Waals surface area (Å²) >= 11 is 0. The number of pyridine rings is 4. The number of nitrogens with zero attached hydrogens (tertiary/aromatic N) is 6. The minimum atomic E-state index is -1.91. The number of rotatable bonds is 17. The van der Waals surface area contributed by atoms with Crippen LogP contribution in [0.2, 0.25) is 0 Å². The first-order chi connectivity index (χ1) is 46.7. The minimum Gasteiger partial charge on any atom is -0.458 e. The minimum absolute atomic E-state index is 0.00652. The van der Waals surface area contributed by atoms with E-state index in [1.807, 2.05) is 38.1 Å². The zero-order chi connectivity index (χ0) is 70.2. The molecule has 2 N–H and O–H groups in total. The maximum atomic E-state index is 14.1. The Kier molecular flexibility index (Phi) is 20.5. The molecule has 98 heavy (non-hydrogen) atoms. The molecule has 9 heterocycles. The highest BCUT2D eigenvalue weighted by atomic mass is 33.1. The van der Waals surface area contributed by atoms with Gasteiger partial charge in [-0.05, 0) is 152 Å². The highest BCUT2D eigenvalue weighted by Gasteiger charge is 2.51. The van der Waals surface area contributed by atoms with E-state index in [0.29, 0.717) is 88.3 Å². The molecule has 0 saturated carbocycles. The zero-order valence-electron chi connectivity index (χ0n) is 56.9. The van der Waals surface area contributed by atoms with Crippen molar-refractivity contribution in [1.82, 2.24) is 34.2 Å². The van der Waals surface area contributed by atoms with E-state index < -0.39 is 52.8 Å². The fourth-order valence-corrected chi connectivity index (χ4v) is 14.6. The van der Waals surface area contributed by atoms with Crippen molar-refractivity contribution in [3.8, 4) is 34.3 Å². The van der Waals surface area contributed by atoms with Crippen molar-refractivity contribution < 1.29 is 71.8 Å². The van der Waals surface area contributed by atoms with Crippen molar-refractivity contribution in [1.29, 1.82) is 0 Å². The van der Waals surface area contributed by atoms with Gasteiger partial charge in [0.15, 0.2) is 5.60 Å². The first-order valence-electron chi connectivity index (χ1n) is 32.9. The van der Waals surface area contributed by atoms with Crippen LogP contribution in [-0.2, 0) is 94.9 Å². The van der Waals surface area contributed by atoms with Gasteiger partial charge in [-0.25, -0.2) is 33.9 Å². The molecule has 4 aromatic heterocycles. The predicted molar refractivity (Wildman–Crippen MR) is 368 cm³/mol. The summed E-state index contributed by atoms with van der Waals surface area (Å²) in [4.78, 5) is 118. The van der Waals surface area contributed by atoms with Gasteiger partial charge < -0.3 is 62.4 Å². The van der Waals surface area contributed by atoms with Gasteiger partial charge in [0, 0.05) is 89.4 Å². The van der Waals surface area contributed by atoms with Crippen LogP contribution in [0.5, 0.6) is 11.5 Å². The molecule has 26 heteroatoms. The molecular weight excluding hydrogens is 1300 g/mol. The Morgan fingerprint density at radius 3 is 1.64 bits per heavy atom. The molecule has 0 bridgehead atoms. The Bertz CT molecular complexity index is 4460. The van der Waals surface area contributed by atoms with Crippen molar-refractivity contribution >= 4 is 79.7 Å². The van der Waals surface area contributed by atoms with Crippen LogP contribution < -0.4 is 25.9 Å². The largest absolute Gasteiger partial charge is 0.514 e. The lowest BCUT2D eigenvalue weighted by molar-refractivity contribution is -0.175. The van der Waals surface area contributed by atoms with Crippen LogP contribution in [-0.4, -0.2) is 139 Å². The van der Waals surface area contributed by atoms with E-state index in [9.17, 15) is 43.5 Å². The topological polar surface area (TPSA) is 285 Å². The number of nitrogens with one attached hydrogen (secondary N) is 1. The van der Waals surface area contributed by atoms with E-state index in [1.165, 1.54) is 27.2 Å². The summed E-state index contributed by atoms with van der Waals surface area (Å²) in [6, 6.07) is 21.4. The molecule has 0 aliphatic carbocycles. The van der Waals surface area contributed by atoms with Crippen LogP contribution in [0.15, 0.2) is 82.4 Å². The van der Waals surface area contributed by atoms with E-state index in [-0.39, 0.29) is 78.5 Å². The number of carbonyl (C=O) groups excluding carboxylic acids is 6. The number of likely N-dealkylation sites (N-methyl/N-ethyl adjacent to an activating group) is 1. The van der Waals surface area contributed by atoms with Crippen LogP contribution in [0, 0.1) is 0 Å². The SMILES string of the molecule is CCc1c2c(nc3ccc(OC(=O)OC(C)(C)C)cc13)-c1cc3c(c(=O)n1C2)COC(=O)[C@@]3(CC)OC(=O)OCCSSCCNC(=O)c1ccc(CN2CCN(C)CC2)cc1.CCc1c2c(nc3ccc(OC(=O)OC(C)(C)C)cc13)-c1cc3c(c(=O)n1C2)COC(=O)[C@]3(O)CC. The molecule has 1 amide bonds. The Hall–Kier alpha value is -8.82. The number of fused-ring (bicyclic) bond motifs is 10. The molecule has 5 aliphatic heterocycles. The number of aliphatic hydroxyl groups is 1. The Labute approximate surface area is 574 Å². The number of amides is 1. The van der Waals surface area contributed by atoms with Gasteiger partial charge in [-0.3, -0.25) is 19.3 Å². The van der Waals surface area contributed by atoms with Crippen LogP contribution in [0.4, 0.5) is 14.4 Å². The van der Waals surface area contributed by atoms with Gasteiger partial charge in [0.2, 0.25) is 5.60 Å². The molecule has 12 rings (SSSR count). The van der Waals surface area contributed by atoms with Crippen molar-refractivity contribution in [2.75, 3.05) is 57.9 Å². The van der Waals surface area contributed by atoms with Crippen LogP contribution in [0.1, 0.15) is 143 Å². The molecule has 1 saturated heterocycles. The van der Waals surface area contributed by atoms with Crippen molar-refractivity contribution in [2.45, 2.75) is 150 Å². The van der Waals surface area contributed by atoms with Gasteiger partial charge in [-0.2, -0.15) is 0 Å². The van der Waals surface area contributed by atoms with Crippen molar-refractivity contribution in [3.05, 3.63) is 149 Å². The maximum Gasteiger partial charge on any atom is 0.514 e. The van der Waals surface area contributed by atoms with E-state index >= 15 is 0 Å². The summed E-state index contributed by atoms with van der Waals surface area (Å²) < 4.78 is 46.5. The number of cyclic esters (lactones) is 2. The Morgan fingerprint density at radius 1 is 0.622 bits per heavy atom. The summed E-state index contributed by atoms with van der Waals surface area (Å²) in [6.45, 7) is 23.5. The summed E-state index contributed by atoms with van der Waals surface area (Å²) in [5.74, 6) is 0.0295. The zero-order valence-corrected chi connectivity index (χ0v) is 58.6. The highest BCUT2D eigenvalue weighted by molar-refractivity contribution is 8.76. The van der Waals surface area contributed by atoms with Gasteiger partial charge in [0.1, 0.15) is 42.5 Å². The smallest absolute Gasteiger partial charge is 0.458 e. The first-order valence-corrected chi connectivity index (χ1v) is 35.4.